The quantitative estimate of drug-likeness (QED) is 0.176. The summed E-state index contributed by atoms with van der Waals surface area (Å²) in [5, 5.41) is 7.29. The second-order valence-corrected chi connectivity index (χ2v) is 13.3. The molecule has 1 aromatic heterocycles. The molecule has 0 unspecified atom stereocenters. The molecule has 0 amide bonds. The van der Waals surface area contributed by atoms with Gasteiger partial charge in [-0.25, -0.2) is 0 Å². The third-order valence-corrected chi connectivity index (χ3v) is 10.3. The van der Waals surface area contributed by atoms with E-state index in [2.05, 4.69) is 193 Å². The normalized spacial score (nSPS) is 11.5. The van der Waals surface area contributed by atoms with Crippen molar-refractivity contribution in [2.45, 2.75) is 0 Å². The van der Waals surface area contributed by atoms with Crippen LogP contribution in [-0.4, -0.2) is 0 Å². The van der Waals surface area contributed by atoms with E-state index in [1.54, 1.807) is 0 Å². The fourth-order valence-electron chi connectivity index (χ4n) is 7.69. The van der Waals surface area contributed by atoms with Gasteiger partial charge in [0.2, 0.25) is 0 Å². The number of rotatable bonds is 6. The van der Waals surface area contributed by atoms with Gasteiger partial charge in [0.15, 0.2) is 0 Å². The lowest BCUT2D eigenvalue weighted by Crippen LogP contribution is -2.09. The van der Waals surface area contributed by atoms with E-state index in [4.69, 9.17) is 4.42 Å². The third kappa shape index (κ3) is 5.21. The molecule has 0 atom stereocenters. The van der Waals surface area contributed by atoms with E-state index < -0.39 is 0 Å². The summed E-state index contributed by atoms with van der Waals surface area (Å²) in [6.45, 7) is 0. The molecule has 52 heavy (non-hydrogen) atoms. The highest BCUT2D eigenvalue weighted by atomic mass is 16.3. The SMILES string of the molecule is c1ccc2c(-c3ccc(N(c4ccc(-c5ccc6oc7ccccc7c6c5)cc4)c4ccc(-c5cccc6ccccc56)cc4)cc3)cccc2c1. The van der Waals surface area contributed by atoms with E-state index in [-0.39, 0.29) is 0 Å². The Bertz CT molecular complexity index is 2750. The van der Waals surface area contributed by atoms with Crippen LogP contribution in [0.5, 0.6) is 0 Å². The zero-order chi connectivity index (χ0) is 34.4. The second kappa shape index (κ2) is 12.5. The van der Waals surface area contributed by atoms with Gasteiger partial charge in [0.05, 0.1) is 0 Å². The molecule has 2 nitrogen and oxygen atoms in total. The topological polar surface area (TPSA) is 16.4 Å². The zero-order valence-electron chi connectivity index (χ0n) is 28.4. The van der Waals surface area contributed by atoms with Crippen LogP contribution in [0, 0.1) is 0 Å². The molecule has 2 heteroatoms. The molecule has 244 valence electrons. The van der Waals surface area contributed by atoms with Gasteiger partial charge in [0.25, 0.3) is 0 Å². The summed E-state index contributed by atoms with van der Waals surface area (Å²) < 4.78 is 6.10. The number of furan rings is 1. The van der Waals surface area contributed by atoms with Gasteiger partial charge >= 0.3 is 0 Å². The molecule has 0 saturated heterocycles. The molecule has 0 aliphatic carbocycles. The van der Waals surface area contributed by atoms with Gasteiger partial charge in [-0.15, -0.1) is 0 Å². The standard InChI is InChI=1S/C50H33NO/c1-3-13-43-35(9-1)11-7-16-45(43)37-21-28-41(29-22-37)51(42-30-23-38(24-31-42)46-17-8-12-36-10-2-4-14-44(36)46)40-26-19-34(20-27-40)39-25-32-50-48(33-39)47-15-5-6-18-49(47)52-50/h1-33H. The molecule has 10 aromatic rings. The molecule has 0 fully saturated rings. The van der Waals surface area contributed by atoms with Crippen molar-refractivity contribution in [3.8, 4) is 33.4 Å². The maximum Gasteiger partial charge on any atom is 0.135 e. The van der Waals surface area contributed by atoms with Gasteiger partial charge in [-0.2, -0.15) is 0 Å². The Morgan fingerprint density at radius 3 is 1.27 bits per heavy atom. The van der Waals surface area contributed by atoms with Gasteiger partial charge in [-0.3, -0.25) is 0 Å². The fraction of sp³-hybridized carbons (Fsp3) is 0. The fourth-order valence-corrected chi connectivity index (χ4v) is 7.69. The number of benzene rings is 9. The van der Waals surface area contributed by atoms with Crippen LogP contribution < -0.4 is 4.90 Å². The number of nitrogens with zero attached hydrogens (tertiary/aromatic N) is 1. The van der Waals surface area contributed by atoms with Gasteiger partial charge in [-0.05, 0) is 110 Å². The van der Waals surface area contributed by atoms with Crippen LogP contribution in [0.1, 0.15) is 0 Å². The minimum Gasteiger partial charge on any atom is -0.456 e. The molecule has 0 spiro atoms. The lowest BCUT2D eigenvalue weighted by Gasteiger charge is -2.26. The summed E-state index contributed by atoms with van der Waals surface area (Å²) >= 11 is 0. The van der Waals surface area contributed by atoms with Gasteiger partial charge in [0, 0.05) is 27.8 Å². The number of hydrogen-bond donors (Lipinski definition) is 0. The van der Waals surface area contributed by atoms with Crippen molar-refractivity contribution in [2.24, 2.45) is 0 Å². The lowest BCUT2D eigenvalue weighted by atomic mass is 9.97. The van der Waals surface area contributed by atoms with Crippen LogP contribution in [0.4, 0.5) is 17.1 Å². The van der Waals surface area contributed by atoms with Crippen LogP contribution in [0.25, 0.3) is 76.9 Å². The van der Waals surface area contributed by atoms with Crippen molar-refractivity contribution in [3.63, 3.8) is 0 Å². The molecule has 0 N–H and O–H groups in total. The summed E-state index contributed by atoms with van der Waals surface area (Å²) in [7, 11) is 0. The highest BCUT2D eigenvalue weighted by molar-refractivity contribution is 6.06. The van der Waals surface area contributed by atoms with Crippen molar-refractivity contribution in [3.05, 3.63) is 200 Å². The monoisotopic (exact) mass is 663 g/mol. The molecule has 1 heterocycles. The van der Waals surface area contributed by atoms with E-state index in [1.165, 1.54) is 43.8 Å². The first-order chi connectivity index (χ1) is 25.8. The number of para-hydroxylation sites is 1. The predicted molar refractivity (Wildman–Crippen MR) is 220 cm³/mol. The van der Waals surface area contributed by atoms with Crippen LogP contribution in [0.3, 0.4) is 0 Å². The second-order valence-electron chi connectivity index (χ2n) is 13.3. The average Bonchev–Trinajstić information content (AvgIpc) is 3.59. The van der Waals surface area contributed by atoms with Crippen LogP contribution in [0.2, 0.25) is 0 Å². The highest BCUT2D eigenvalue weighted by Crippen LogP contribution is 2.40. The van der Waals surface area contributed by atoms with Crippen LogP contribution >= 0.6 is 0 Å². The summed E-state index contributed by atoms with van der Waals surface area (Å²) in [6, 6.07) is 71.8. The van der Waals surface area contributed by atoms with E-state index >= 15 is 0 Å². The zero-order valence-corrected chi connectivity index (χ0v) is 28.4. The van der Waals surface area contributed by atoms with E-state index in [1.807, 2.05) is 12.1 Å². The van der Waals surface area contributed by atoms with Crippen molar-refractivity contribution in [1.82, 2.24) is 0 Å². The number of anilines is 3. The number of hydrogen-bond acceptors (Lipinski definition) is 2. The lowest BCUT2D eigenvalue weighted by molar-refractivity contribution is 0.669. The van der Waals surface area contributed by atoms with Gasteiger partial charge in [-0.1, -0.05) is 146 Å². The largest absolute Gasteiger partial charge is 0.456 e. The Balaban J connectivity index is 1.05. The Kier molecular flexibility index (Phi) is 7.18. The van der Waals surface area contributed by atoms with E-state index in [0.29, 0.717) is 0 Å². The maximum absolute atomic E-state index is 6.10. The van der Waals surface area contributed by atoms with Crippen molar-refractivity contribution in [2.75, 3.05) is 4.90 Å². The van der Waals surface area contributed by atoms with E-state index in [0.717, 1.165) is 50.1 Å². The highest BCUT2D eigenvalue weighted by Gasteiger charge is 2.15. The van der Waals surface area contributed by atoms with Crippen molar-refractivity contribution >= 4 is 60.5 Å². The van der Waals surface area contributed by atoms with Crippen molar-refractivity contribution in [1.29, 1.82) is 0 Å². The smallest absolute Gasteiger partial charge is 0.135 e. The third-order valence-electron chi connectivity index (χ3n) is 10.3. The summed E-state index contributed by atoms with van der Waals surface area (Å²) in [6.07, 6.45) is 0. The van der Waals surface area contributed by atoms with Gasteiger partial charge in [0.1, 0.15) is 11.2 Å². The summed E-state index contributed by atoms with van der Waals surface area (Å²) in [5.74, 6) is 0. The average molecular weight is 664 g/mol. The Hall–Kier alpha value is -6.90. The first-order valence-corrected chi connectivity index (χ1v) is 17.8. The Morgan fingerprint density at radius 1 is 0.288 bits per heavy atom. The molecule has 0 bridgehead atoms. The summed E-state index contributed by atoms with van der Waals surface area (Å²) in [4.78, 5) is 2.34. The van der Waals surface area contributed by atoms with Crippen molar-refractivity contribution < 1.29 is 4.42 Å². The Labute approximate surface area is 302 Å². The number of fused-ring (bicyclic) bond motifs is 5. The summed E-state index contributed by atoms with van der Waals surface area (Å²) in [5.41, 5.74) is 12.3. The van der Waals surface area contributed by atoms with Crippen LogP contribution in [0.15, 0.2) is 205 Å². The Morgan fingerprint density at radius 2 is 0.712 bits per heavy atom. The minimum atomic E-state index is 0.909. The predicted octanol–water partition coefficient (Wildman–Crippen LogP) is 14.4. The molecule has 0 radical (unpaired) electrons. The maximum atomic E-state index is 6.10. The molecule has 10 rings (SSSR count). The van der Waals surface area contributed by atoms with Crippen LogP contribution in [-0.2, 0) is 0 Å². The minimum absolute atomic E-state index is 0.909. The molecule has 0 aliphatic rings. The first-order valence-electron chi connectivity index (χ1n) is 17.8. The molecule has 9 aromatic carbocycles. The van der Waals surface area contributed by atoms with Gasteiger partial charge < -0.3 is 9.32 Å². The first kappa shape index (κ1) is 30.0. The van der Waals surface area contributed by atoms with E-state index in [9.17, 15) is 0 Å². The molecular formula is C50H33NO. The molecular weight excluding hydrogens is 631 g/mol. The molecule has 0 aliphatic heterocycles. The molecule has 0 saturated carbocycles.